The maximum absolute atomic E-state index is 11.7. The molecule has 1 aliphatic carbocycles. The molecule has 0 bridgehead atoms. The Morgan fingerprint density at radius 1 is 1.50 bits per heavy atom. The van der Waals surface area contributed by atoms with Crippen LogP contribution in [0.25, 0.3) is 0 Å². The molecule has 5 heteroatoms. The third-order valence-corrected chi connectivity index (χ3v) is 3.43. The molecule has 20 heavy (non-hydrogen) atoms. The molecule has 2 N–H and O–H groups in total. The summed E-state index contributed by atoms with van der Waals surface area (Å²) in [6, 6.07) is 5.64. The van der Waals surface area contributed by atoms with E-state index in [0.717, 1.165) is 30.4 Å². The SMILES string of the molecule is CCNC(=O)C(C)Oc1cccc2c1CCCC2=NO. The Bertz CT molecular complexity index is 526. The highest BCUT2D eigenvalue weighted by Gasteiger charge is 2.22. The first-order valence-electron chi connectivity index (χ1n) is 6.95. The molecular weight excluding hydrogens is 256 g/mol. The normalized spacial score (nSPS) is 17.4. The minimum Gasteiger partial charge on any atom is -0.481 e. The molecule has 0 aliphatic heterocycles. The number of rotatable bonds is 4. The van der Waals surface area contributed by atoms with E-state index in [0.29, 0.717) is 18.0 Å². The molecule has 0 radical (unpaired) electrons. The Morgan fingerprint density at radius 2 is 2.30 bits per heavy atom. The maximum atomic E-state index is 11.7. The van der Waals surface area contributed by atoms with E-state index < -0.39 is 6.10 Å². The van der Waals surface area contributed by atoms with Gasteiger partial charge >= 0.3 is 0 Å². The van der Waals surface area contributed by atoms with Crippen LogP contribution in [0.1, 0.15) is 37.8 Å². The van der Waals surface area contributed by atoms with E-state index >= 15 is 0 Å². The highest BCUT2D eigenvalue weighted by Crippen LogP contribution is 2.30. The summed E-state index contributed by atoms with van der Waals surface area (Å²) in [4.78, 5) is 11.7. The van der Waals surface area contributed by atoms with Crippen LogP contribution in [-0.4, -0.2) is 29.5 Å². The molecular formula is C15H20N2O3. The number of ether oxygens (including phenoxy) is 1. The predicted octanol–water partition coefficient (Wildman–Crippen LogP) is 2.10. The van der Waals surface area contributed by atoms with Gasteiger partial charge in [-0.05, 0) is 39.2 Å². The largest absolute Gasteiger partial charge is 0.481 e. The van der Waals surface area contributed by atoms with Crippen molar-refractivity contribution in [3.05, 3.63) is 29.3 Å². The zero-order valence-electron chi connectivity index (χ0n) is 11.8. The number of benzene rings is 1. The van der Waals surface area contributed by atoms with Gasteiger partial charge in [-0.2, -0.15) is 0 Å². The Labute approximate surface area is 118 Å². The van der Waals surface area contributed by atoms with Gasteiger partial charge in [-0.25, -0.2) is 0 Å². The van der Waals surface area contributed by atoms with Gasteiger partial charge in [0.2, 0.25) is 0 Å². The van der Waals surface area contributed by atoms with Crippen molar-refractivity contribution in [2.45, 2.75) is 39.2 Å². The molecule has 1 aromatic rings. The molecule has 1 atom stereocenters. The Morgan fingerprint density at radius 3 is 3.00 bits per heavy atom. The van der Waals surface area contributed by atoms with Crippen LogP contribution in [0.4, 0.5) is 0 Å². The van der Waals surface area contributed by atoms with E-state index in [-0.39, 0.29) is 5.91 Å². The average Bonchev–Trinajstić information content (AvgIpc) is 2.47. The summed E-state index contributed by atoms with van der Waals surface area (Å²) in [5.41, 5.74) is 2.62. The number of carbonyl (C=O) groups is 1. The average molecular weight is 276 g/mol. The number of nitrogens with one attached hydrogen (secondary N) is 1. The first-order chi connectivity index (χ1) is 9.67. The van der Waals surface area contributed by atoms with Gasteiger partial charge in [-0.3, -0.25) is 4.79 Å². The number of hydrogen-bond acceptors (Lipinski definition) is 4. The summed E-state index contributed by atoms with van der Waals surface area (Å²) in [6.45, 7) is 4.19. The summed E-state index contributed by atoms with van der Waals surface area (Å²) in [7, 11) is 0. The quantitative estimate of drug-likeness (QED) is 0.653. The molecule has 0 fully saturated rings. The number of likely N-dealkylation sites (N-methyl/N-ethyl adjacent to an activating group) is 1. The summed E-state index contributed by atoms with van der Waals surface area (Å²) >= 11 is 0. The van der Waals surface area contributed by atoms with Gasteiger partial charge in [0.25, 0.3) is 5.91 Å². The van der Waals surface area contributed by atoms with Crippen LogP contribution >= 0.6 is 0 Å². The number of nitrogens with zero attached hydrogens (tertiary/aromatic N) is 1. The second kappa shape index (κ2) is 6.41. The first-order valence-corrected chi connectivity index (χ1v) is 6.95. The smallest absolute Gasteiger partial charge is 0.260 e. The summed E-state index contributed by atoms with van der Waals surface area (Å²) in [6.07, 6.45) is 2.01. The summed E-state index contributed by atoms with van der Waals surface area (Å²) < 4.78 is 5.77. The van der Waals surface area contributed by atoms with Crippen LogP contribution in [0.3, 0.4) is 0 Å². The number of hydrogen-bond donors (Lipinski definition) is 2. The molecule has 1 aromatic carbocycles. The fourth-order valence-corrected chi connectivity index (χ4v) is 2.44. The van der Waals surface area contributed by atoms with Gasteiger partial charge in [0.1, 0.15) is 5.75 Å². The molecule has 0 aromatic heterocycles. The highest BCUT2D eigenvalue weighted by molar-refractivity contribution is 6.02. The molecule has 1 amide bonds. The van der Waals surface area contributed by atoms with Gasteiger partial charge in [-0.15, -0.1) is 0 Å². The molecule has 0 saturated heterocycles. The molecule has 1 unspecified atom stereocenters. The van der Waals surface area contributed by atoms with Crippen molar-refractivity contribution in [2.24, 2.45) is 5.16 Å². The van der Waals surface area contributed by atoms with E-state index in [1.165, 1.54) is 0 Å². The number of carbonyl (C=O) groups excluding carboxylic acids is 1. The second-order valence-electron chi connectivity index (χ2n) is 4.84. The fourth-order valence-electron chi connectivity index (χ4n) is 2.44. The fraction of sp³-hybridized carbons (Fsp3) is 0.467. The predicted molar refractivity (Wildman–Crippen MR) is 76.5 cm³/mol. The minimum atomic E-state index is -0.544. The van der Waals surface area contributed by atoms with E-state index in [1.807, 2.05) is 25.1 Å². The lowest BCUT2D eigenvalue weighted by molar-refractivity contribution is -0.127. The Balaban J connectivity index is 2.23. The van der Waals surface area contributed by atoms with Crippen molar-refractivity contribution in [2.75, 3.05) is 6.54 Å². The standard InChI is InChI=1S/C15H20N2O3/c1-3-16-15(18)10(2)20-14-9-5-6-11-12(14)7-4-8-13(11)17-19/h5-6,9-10,19H,3-4,7-8H2,1-2H3,(H,16,18). The zero-order valence-corrected chi connectivity index (χ0v) is 11.8. The topological polar surface area (TPSA) is 70.9 Å². The van der Waals surface area contributed by atoms with Crippen molar-refractivity contribution < 1.29 is 14.7 Å². The lowest BCUT2D eigenvalue weighted by Gasteiger charge is -2.22. The van der Waals surface area contributed by atoms with Crippen molar-refractivity contribution in [1.82, 2.24) is 5.32 Å². The maximum Gasteiger partial charge on any atom is 0.260 e. The highest BCUT2D eigenvalue weighted by atomic mass is 16.5. The molecule has 2 rings (SSSR count). The van der Waals surface area contributed by atoms with Crippen LogP contribution in [0.15, 0.2) is 23.4 Å². The van der Waals surface area contributed by atoms with Crippen LogP contribution in [0, 0.1) is 0 Å². The van der Waals surface area contributed by atoms with Gasteiger partial charge in [0.15, 0.2) is 6.10 Å². The molecule has 0 heterocycles. The number of oxime groups is 1. The van der Waals surface area contributed by atoms with Crippen LogP contribution < -0.4 is 10.1 Å². The van der Waals surface area contributed by atoms with Crippen molar-refractivity contribution >= 4 is 11.6 Å². The van der Waals surface area contributed by atoms with E-state index in [9.17, 15) is 4.79 Å². The molecule has 0 saturated carbocycles. The molecule has 5 nitrogen and oxygen atoms in total. The molecule has 108 valence electrons. The lowest BCUT2D eigenvalue weighted by Crippen LogP contribution is -2.36. The molecule has 0 spiro atoms. The number of fused-ring (bicyclic) bond motifs is 1. The van der Waals surface area contributed by atoms with E-state index in [1.54, 1.807) is 6.92 Å². The van der Waals surface area contributed by atoms with Gasteiger partial charge in [0, 0.05) is 17.7 Å². The minimum absolute atomic E-state index is 0.128. The van der Waals surface area contributed by atoms with E-state index in [2.05, 4.69) is 10.5 Å². The third kappa shape index (κ3) is 2.92. The monoisotopic (exact) mass is 276 g/mol. The van der Waals surface area contributed by atoms with Crippen LogP contribution in [-0.2, 0) is 11.2 Å². The Kier molecular flexibility index (Phi) is 4.61. The second-order valence-corrected chi connectivity index (χ2v) is 4.84. The summed E-state index contributed by atoms with van der Waals surface area (Å²) in [5.74, 6) is 0.569. The van der Waals surface area contributed by atoms with Gasteiger partial charge in [-0.1, -0.05) is 17.3 Å². The van der Waals surface area contributed by atoms with Crippen molar-refractivity contribution in [3.8, 4) is 5.75 Å². The third-order valence-electron chi connectivity index (χ3n) is 3.43. The van der Waals surface area contributed by atoms with Crippen molar-refractivity contribution in [1.29, 1.82) is 0 Å². The van der Waals surface area contributed by atoms with Crippen molar-refractivity contribution in [3.63, 3.8) is 0 Å². The van der Waals surface area contributed by atoms with Crippen LogP contribution in [0.5, 0.6) is 5.75 Å². The van der Waals surface area contributed by atoms with Gasteiger partial charge in [0.05, 0.1) is 5.71 Å². The Hall–Kier alpha value is -2.04. The van der Waals surface area contributed by atoms with E-state index in [4.69, 9.17) is 9.94 Å². The first kappa shape index (κ1) is 14.4. The summed E-state index contributed by atoms with van der Waals surface area (Å²) in [5, 5.41) is 15.1. The lowest BCUT2D eigenvalue weighted by atomic mass is 9.89. The van der Waals surface area contributed by atoms with Gasteiger partial charge < -0.3 is 15.3 Å². The number of amides is 1. The zero-order chi connectivity index (χ0) is 14.5. The molecule has 1 aliphatic rings. The van der Waals surface area contributed by atoms with Crippen LogP contribution in [0.2, 0.25) is 0 Å².